The van der Waals surface area contributed by atoms with Gasteiger partial charge >= 0.3 is 5.97 Å². The lowest BCUT2D eigenvalue weighted by Gasteiger charge is -2.18. The summed E-state index contributed by atoms with van der Waals surface area (Å²) in [5, 5.41) is 0. The van der Waals surface area contributed by atoms with E-state index in [2.05, 4.69) is 31.9 Å². The van der Waals surface area contributed by atoms with Crippen molar-refractivity contribution in [2.45, 2.75) is 13.5 Å². The molecule has 0 aromatic heterocycles. The Hall–Kier alpha value is -1.73. The molecule has 25 heavy (non-hydrogen) atoms. The normalized spacial score (nSPS) is 10.3. The lowest BCUT2D eigenvalue weighted by Crippen LogP contribution is -2.10. The average molecular weight is 474 g/mol. The van der Waals surface area contributed by atoms with Gasteiger partial charge in [-0.2, -0.15) is 0 Å². The molecule has 0 atom stereocenters. The number of methoxy groups -OCH3 is 3. The first-order valence-corrected chi connectivity index (χ1v) is 8.92. The SMILES string of the molecule is COc1c(Br)c(C(=O)OCc2ccc(C)cc2)c(Br)c(OC)c1OC. The van der Waals surface area contributed by atoms with Gasteiger partial charge in [-0.3, -0.25) is 0 Å². The van der Waals surface area contributed by atoms with Gasteiger partial charge in [0, 0.05) is 0 Å². The molecule has 2 aromatic rings. The third kappa shape index (κ3) is 4.10. The molecule has 2 aromatic carbocycles. The summed E-state index contributed by atoms with van der Waals surface area (Å²) in [6.45, 7) is 2.16. The van der Waals surface area contributed by atoms with Crippen LogP contribution in [0.2, 0.25) is 0 Å². The molecule has 0 fully saturated rings. The molecule has 0 aliphatic carbocycles. The maximum absolute atomic E-state index is 12.6. The number of halogens is 2. The molecule has 134 valence electrons. The van der Waals surface area contributed by atoms with Crippen LogP contribution in [0.3, 0.4) is 0 Å². The van der Waals surface area contributed by atoms with Crippen molar-refractivity contribution in [2.24, 2.45) is 0 Å². The zero-order valence-electron chi connectivity index (χ0n) is 14.3. The monoisotopic (exact) mass is 472 g/mol. The third-order valence-corrected chi connectivity index (χ3v) is 5.07. The van der Waals surface area contributed by atoms with Gasteiger partial charge < -0.3 is 18.9 Å². The number of hydrogen-bond donors (Lipinski definition) is 0. The highest BCUT2D eigenvalue weighted by atomic mass is 79.9. The lowest BCUT2D eigenvalue weighted by atomic mass is 10.1. The van der Waals surface area contributed by atoms with Crippen molar-refractivity contribution in [1.29, 1.82) is 0 Å². The molecular weight excluding hydrogens is 456 g/mol. The molecule has 0 spiro atoms. The van der Waals surface area contributed by atoms with Crippen LogP contribution < -0.4 is 14.2 Å². The van der Waals surface area contributed by atoms with E-state index in [9.17, 15) is 4.79 Å². The van der Waals surface area contributed by atoms with Crippen molar-refractivity contribution >= 4 is 37.8 Å². The fourth-order valence-corrected chi connectivity index (χ4v) is 3.93. The first-order valence-electron chi connectivity index (χ1n) is 7.34. The van der Waals surface area contributed by atoms with Gasteiger partial charge in [0.2, 0.25) is 5.75 Å². The Labute approximate surface area is 163 Å². The Morgan fingerprint density at radius 3 is 1.80 bits per heavy atom. The summed E-state index contributed by atoms with van der Waals surface area (Å²) in [5.41, 5.74) is 2.31. The van der Waals surface area contributed by atoms with Crippen LogP contribution in [0.1, 0.15) is 21.5 Å². The fourth-order valence-electron chi connectivity index (χ4n) is 2.26. The molecule has 0 heterocycles. The summed E-state index contributed by atoms with van der Waals surface area (Å²) in [6, 6.07) is 7.77. The number of carbonyl (C=O) groups is 1. The topological polar surface area (TPSA) is 54.0 Å². The Morgan fingerprint density at radius 1 is 0.880 bits per heavy atom. The van der Waals surface area contributed by atoms with Gasteiger partial charge in [-0.15, -0.1) is 0 Å². The van der Waals surface area contributed by atoms with Crippen LogP contribution in [0.25, 0.3) is 0 Å². The number of hydrogen-bond acceptors (Lipinski definition) is 5. The summed E-state index contributed by atoms with van der Waals surface area (Å²) in [7, 11) is 4.46. The molecule has 0 aliphatic rings. The van der Waals surface area contributed by atoms with Gasteiger partial charge in [-0.1, -0.05) is 29.8 Å². The molecule has 0 unspecified atom stereocenters. The highest BCUT2D eigenvalue weighted by molar-refractivity contribution is 9.11. The molecule has 0 bridgehead atoms. The van der Waals surface area contributed by atoms with Gasteiger partial charge in [0.25, 0.3) is 0 Å². The van der Waals surface area contributed by atoms with Crippen LogP contribution >= 0.6 is 31.9 Å². The molecule has 2 rings (SSSR count). The van der Waals surface area contributed by atoms with Crippen molar-refractivity contribution in [3.8, 4) is 17.2 Å². The second-order valence-corrected chi connectivity index (χ2v) is 6.75. The van der Waals surface area contributed by atoms with E-state index in [1.165, 1.54) is 21.3 Å². The maximum Gasteiger partial charge on any atom is 0.341 e. The molecule has 0 aliphatic heterocycles. The van der Waals surface area contributed by atoms with Crippen LogP contribution in [0.4, 0.5) is 0 Å². The number of benzene rings is 2. The summed E-state index contributed by atoms with van der Waals surface area (Å²) in [4.78, 5) is 12.6. The minimum absolute atomic E-state index is 0.161. The van der Waals surface area contributed by atoms with Gasteiger partial charge in [0.15, 0.2) is 11.5 Å². The Bertz CT molecular complexity index is 741. The minimum Gasteiger partial charge on any atom is -0.492 e. The van der Waals surface area contributed by atoms with Gasteiger partial charge in [0.1, 0.15) is 6.61 Å². The van der Waals surface area contributed by atoms with Crippen LogP contribution in [-0.4, -0.2) is 27.3 Å². The van der Waals surface area contributed by atoms with Crippen LogP contribution in [0, 0.1) is 6.92 Å². The van der Waals surface area contributed by atoms with Crippen LogP contribution in [-0.2, 0) is 11.3 Å². The zero-order valence-corrected chi connectivity index (χ0v) is 17.5. The Balaban J connectivity index is 2.36. The third-order valence-electron chi connectivity index (χ3n) is 3.56. The largest absolute Gasteiger partial charge is 0.492 e. The quantitative estimate of drug-likeness (QED) is 0.558. The van der Waals surface area contributed by atoms with E-state index >= 15 is 0 Å². The predicted molar refractivity (Wildman–Crippen MR) is 102 cm³/mol. The van der Waals surface area contributed by atoms with E-state index < -0.39 is 5.97 Å². The highest BCUT2D eigenvalue weighted by Gasteiger charge is 2.28. The van der Waals surface area contributed by atoms with E-state index in [0.717, 1.165) is 11.1 Å². The second kappa shape index (κ2) is 8.58. The first kappa shape index (κ1) is 19.6. The molecule has 0 N–H and O–H groups in total. The number of ether oxygens (including phenoxy) is 4. The number of aryl methyl sites for hydroxylation is 1. The molecule has 0 amide bonds. The number of esters is 1. The summed E-state index contributed by atoms with van der Waals surface area (Å²) in [6.07, 6.45) is 0. The van der Waals surface area contributed by atoms with Gasteiger partial charge in [-0.05, 0) is 44.3 Å². The predicted octanol–water partition coefficient (Wildman–Crippen LogP) is 4.90. The second-order valence-electron chi connectivity index (χ2n) is 5.16. The van der Waals surface area contributed by atoms with E-state index in [1.807, 2.05) is 31.2 Å². The first-order chi connectivity index (χ1) is 11.9. The van der Waals surface area contributed by atoms with Crippen molar-refractivity contribution in [3.63, 3.8) is 0 Å². The summed E-state index contributed by atoms with van der Waals surface area (Å²) in [5.74, 6) is 0.562. The van der Waals surface area contributed by atoms with Gasteiger partial charge in [-0.25, -0.2) is 4.79 Å². The smallest absolute Gasteiger partial charge is 0.341 e. The maximum atomic E-state index is 12.6. The summed E-state index contributed by atoms with van der Waals surface area (Å²) >= 11 is 6.78. The fraction of sp³-hybridized carbons (Fsp3) is 0.278. The van der Waals surface area contributed by atoms with Crippen molar-refractivity contribution in [3.05, 3.63) is 49.9 Å². The lowest BCUT2D eigenvalue weighted by molar-refractivity contribution is 0.0469. The minimum atomic E-state index is -0.515. The van der Waals surface area contributed by atoms with Crippen molar-refractivity contribution < 1.29 is 23.7 Å². The van der Waals surface area contributed by atoms with Crippen molar-refractivity contribution in [2.75, 3.05) is 21.3 Å². The molecule has 0 radical (unpaired) electrons. The highest BCUT2D eigenvalue weighted by Crippen LogP contribution is 2.50. The molecule has 0 saturated carbocycles. The number of carbonyl (C=O) groups excluding carboxylic acids is 1. The standard InChI is InChI=1S/C18H18Br2O5/c1-10-5-7-11(8-6-10)9-25-18(21)12-13(19)15(22-2)17(24-4)16(23-3)14(12)20/h5-8H,9H2,1-4H3. The van der Waals surface area contributed by atoms with Crippen molar-refractivity contribution in [1.82, 2.24) is 0 Å². The summed E-state index contributed by atoms with van der Waals surface area (Å²) < 4.78 is 22.3. The molecule has 0 saturated heterocycles. The Kier molecular flexibility index (Phi) is 6.72. The number of rotatable bonds is 6. The average Bonchev–Trinajstić information content (AvgIpc) is 2.60. The molecule has 7 heteroatoms. The zero-order chi connectivity index (χ0) is 18.6. The van der Waals surface area contributed by atoms with E-state index in [1.54, 1.807) is 0 Å². The van der Waals surface area contributed by atoms with Crippen LogP contribution in [0.5, 0.6) is 17.2 Å². The van der Waals surface area contributed by atoms with Crippen LogP contribution in [0.15, 0.2) is 33.2 Å². The Morgan fingerprint density at radius 2 is 1.36 bits per heavy atom. The van der Waals surface area contributed by atoms with E-state index in [-0.39, 0.29) is 12.2 Å². The van der Waals surface area contributed by atoms with E-state index in [4.69, 9.17) is 18.9 Å². The van der Waals surface area contributed by atoms with E-state index in [0.29, 0.717) is 26.2 Å². The van der Waals surface area contributed by atoms with Gasteiger partial charge in [0.05, 0.1) is 35.8 Å². The molecule has 5 nitrogen and oxygen atoms in total. The molecular formula is C18H18Br2O5.